The van der Waals surface area contributed by atoms with E-state index in [0.29, 0.717) is 54.9 Å². The van der Waals surface area contributed by atoms with Crippen LogP contribution in [0.15, 0.2) is 209 Å². The predicted molar refractivity (Wildman–Crippen MR) is 488 cm³/mol. The van der Waals surface area contributed by atoms with Gasteiger partial charge in [0.05, 0.1) is 26.4 Å². The number of halogens is 10. The maximum absolute atomic E-state index is 13.0. The average molecular weight is 1990 g/mol. The third-order valence-corrected chi connectivity index (χ3v) is 20.2. The molecule has 0 spiro atoms. The van der Waals surface area contributed by atoms with Crippen LogP contribution < -0.4 is 45.0 Å². The molecular formula is C89H101F10N4O26S5+. The molecule has 4 N–H and O–H groups in total. The Labute approximate surface area is 774 Å². The van der Waals surface area contributed by atoms with Gasteiger partial charge in [-0.1, -0.05) is 167 Å². The fourth-order valence-corrected chi connectivity index (χ4v) is 11.1. The van der Waals surface area contributed by atoms with E-state index in [4.69, 9.17) is 23.7 Å². The van der Waals surface area contributed by atoms with Gasteiger partial charge in [0.2, 0.25) is 17.5 Å². The molecular weight excluding hydrogens is 1890 g/mol. The number of alkyl halides is 10. The molecule has 0 aliphatic carbocycles. The Balaban J connectivity index is -0.000000752. The molecule has 0 aliphatic heterocycles. The topological polar surface area (TPSA) is 483 Å². The number of nitrogens with one attached hydrogen (secondary N) is 4. The van der Waals surface area contributed by atoms with Crippen LogP contribution in [0.5, 0.6) is 28.7 Å². The minimum absolute atomic E-state index is 0. The van der Waals surface area contributed by atoms with E-state index < -0.39 is 138 Å². The van der Waals surface area contributed by atoms with E-state index in [9.17, 15) is 138 Å². The number of hydrogen-bond acceptors (Lipinski definition) is 26. The highest BCUT2D eigenvalue weighted by molar-refractivity contribution is 7.88. The van der Waals surface area contributed by atoms with E-state index in [2.05, 4.69) is 50.1 Å². The summed E-state index contributed by atoms with van der Waals surface area (Å²) < 4.78 is 309. The Kier molecular flexibility index (Phi) is 55.2. The Morgan fingerprint density at radius 2 is 0.634 bits per heavy atom. The molecule has 0 fully saturated rings. The van der Waals surface area contributed by atoms with Crippen molar-refractivity contribution in [3.05, 3.63) is 293 Å². The van der Waals surface area contributed by atoms with E-state index in [1.54, 1.807) is 162 Å². The summed E-state index contributed by atoms with van der Waals surface area (Å²) in [5.74, 6) is -12.2. The van der Waals surface area contributed by atoms with Gasteiger partial charge in [0.15, 0.2) is 47.2 Å². The smallest absolute Gasteiger partial charge is 0.410 e. The van der Waals surface area contributed by atoms with Gasteiger partial charge in [0.25, 0.3) is 5.91 Å². The molecule has 0 aromatic heterocycles. The molecule has 134 heavy (non-hydrogen) atoms. The molecule has 732 valence electrons. The zero-order valence-corrected chi connectivity index (χ0v) is 77.5. The van der Waals surface area contributed by atoms with Crippen molar-refractivity contribution in [2.75, 3.05) is 52.0 Å². The van der Waals surface area contributed by atoms with Crippen molar-refractivity contribution in [2.24, 2.45) is 0 Å². The number of rotatable bonds is 42. The molecule has 8 aromatic rings. The molecule has 0 unspecified atom stereocenters. The summed E-state index contributed by atoms with van der Waals surface area (Å²) in [4.78, 5) is 66.1. The minimum atomic E-state index is -6.05. The monoisotopic (exact) mass is 1990 g/mol. The van der Waals surface area contributed by atoms with E-state index in [0.717, 1.165) is 60.7 Å². The summed E-state index contributed by atoms with van der Waals surface area (Å²) in [6.07, 6.45) is 10.0. The largest absolute Gasteiger partial charge is 0.748 e. The number of carbonyl (C=O) groups excluding carboxylic acids is 6. The third-order valence-electron chi connectivity index (χ3n) is 16.2. The molecule has 0 atom stereocenters. The Morgan fingerprint density at radius 3 is 1.01 bits per heavy atom. The van der Waals surface area contributed by atoms with E-state index in [1.165, 1.54) is 0 Å². The number of hydrogen-bond donors (Lipinski definition) is 4. The zero-order chi connectivity index (χ0) is 96.7. The van der Waals surface area contributed by atoms with Gasteiger partial charge in [-0.25, -0.2) is 42.1 Å². The quantitative estimate of drug-likeness (QED) is 0.00907. The fraction of sp³-hybridized carbons (Fsp3) is 0.236. The Morgan fingerprint density at radius 1 is 0.328 bits per heavy atom. The van der Waals surface area contributed by atoms with Crippen molar-refractivity contribution in [3.8, 4) is 28.7 Å². The highest BCUT2D eigenvalue weighted by Gasteiger charge is 2.49. The molecule has 30 nitrogen and oxygen atoms in total. The van der Waals surface area contributed by atoms with Gasteiger partial charge in [-0.05, 0) is 165 Å². The number of Topliss-reactive ketones (excluding diaryl/α,β-unsaturated/α-hetero) is 2. The highest BCUT2D eigenvalue weighted by Crippen LogP contribution is 2.29. The van der Waals surface area contributed by atoms with Crippen LogP contribution >= 0.6 is 0 Å². The zero-order valence-electron chi connectivity index (χ0n) is 73.4. The van der Waals surface area contributed by atoms with Crippen LogP contribution in [0.3, 0.4) is 0 Å². The van der Waals surface area contributed by atoms with Crippen LogP contribution in [0.2, 0.25) is 0 Å². The molecule has 0 radical (unpaired) electrons. The first kappa shape index (κ1) is 127. The van der Waals surface area contributed by atoms with Crippen LogP contribution in [-0.4, -0.2) is 179 Å². The number of benzene rings is 8. The molecule has 8 aromatic carbocycles. The van der Waals surface area contributed by atoms with Crippen molar-refractivity contribution < 1.29 is 161 Å². The number of amides is 4. The number of ether oxygens (including phenoxy) is 5. The second kappa shape index (κ2) is 58.1. The third kappa shape index (κ3) is 43.6. The van der Waals surface area contributed by atoms with E-state index in [-0.39, 0.29) is 97.0 Å². The van der Waals surface area contributed by atoms with E-state index >= 15 is 0 Å². The van der Waals surface area contributed by atoms with Crippen LogP contribution in [0.1, 0.15) is 84.4 Å². The number of ketones is 2. The van der Waals surface area contributed by atoms with Crippen molar-refractivity contribution in [1.82, 2.24) is 21.3 Å². The number of fused-ring (bicyclic) bond motifs is 2. The summed E-state index contributed by atoms with van der Waals surface area (Å²) in [5, 5.41) is -8.66. The van der Waals surface area contributed by atoms with Crippen molar-refractivity contribution in [3.63, 3.8) is 0 Å². The minimum Gasteiger partial charge on any atom is -0.748 e. The summed E-state index contributed by atoms with van der Waals surface area (Å²) in [5.41, 5.74) is 6.04. The van der Waals surface area contributed by atoms with Gasteiger partial charge in [-0.15, -0.1) is 0 Å². The summed E-state index contributed by atoms with van der Waals surface area (Å²) in [6.45, 7) is 21.6. The summed E-state index contributed by atoms with van der Waals surface area (Å²) in [6, 6.07) is 49.0. The molecule has 0 aliphatic rings. The van der Waals surface area contributed by atoms with Crippen LogP contribution in [-0.2, 0) is 85.9 Å². The van der Waals surface area contributed by atoms with Gasteiger partial charge in [0.1, 0.15) is 51.2 Å². The molecule has 0 saturated heterocycles. The molecule has 4 amide bonds. The second-order valence-electron chi connectivity index (χ2n) is 25.9. The lowest BCUT2D eigenvalue weighted by Crippen LogP contribution is -2.46. The second-order valence-corrected chi connectivity index (χ2v) is 33.0. The van der Waals surface area contributed by atoms with Gasteiger partial charge in [-0.2, -0.15) is 43.9 Å². The first-order valence-electron chi connectivity index (χ1n) is 36.7. The standard InChI is InChI=1S/C16H14F2O5S.C15H13F2NO4S.C15H19F2NO2.C14H16F2O5S.C12H13F2NO5S.C11H13NO5S.6CH3/c1-2-11-3-4-13-10-14(6-5-12(13)9-11)23-8-7-15(19)16(17,18)24(20,21)22;1-2-10-3-5-13-8-11(4-6-12(13)7-10)9-18-14(19)15(16,17)23(20,21)22;1-3-12-6-8-13(9-7-12)20-11-5-4-10-18-14(19)15(2,16)17;1-2-11-6-8-12(9-7-11)21-10-4-3-5-13(17)14(15,16)22(18,19)20;1-2-9-3-5-10(6-4-9)20-8-7-15-11(16)12(13,14)21(17,18)19;1-2-9-3-5-10(6-4-9)17-8-12-11(13)7-18(14,15)16;;;;;;/h2-6,9-10H,1,7-8H2,(H,20,21,22);2-8H,1,9H2,(H,18,19)(H,20,21,22);3,6-9H,1,4-5,10-11H2,2H3,(H,18,19);2,6-9H,1,3-5,10H2,(H,18,19,20);2-6H,1,7-8H2,(H,15,16)(H,17,18,19);2-6H,1,7-8H2,(H,12,13)(H,14,15,16);6*1H3/q;;;;;;6*+1/p-5. The van der Waals surface area contributed by atoms with Crippen molar-refractivity contribution in [1.29, 1.82) is 0 Å². The maximum atomic E-state index is 13.0. The Hall–Kier alpha value is -13.0. The molecule has 8 rings (SSSR count). The van der Waals surface area contributed by atoms with Gasteiger partial charge < -0.3 is 67.7 Å². The maximum Gasteiger partial charge on any atom is 0.410 e. The van der Waals surface area contributed by atoms with Crippen LogP contribution in [0.25, 0.3) is 58.0 Å². The lowest BCUT2D eigenvalue weighted by Gasteiger charge is -2.19. The molecule has 0 heterocycles. The first-order chi connectivity index (χ1) is 59.5. The fourth-order valence-electron chi connectivity index (χ4n) is 9.35. The van der Waals surface area contributed by atoms with Crippen LogP contribution in [0.4, 0.5) is 43.9 Å². The predicted octanol–water partition coefficient (Wildman–Crippen LogP) is 15.0. The Bertz CT molecular complexity index is 5780. The van der Waals surface area contributed by atoms with Gasteiger partial charge in [-0.3, -0.25) is 28.8 Å². The first-order valence-corrected chi connectivity index (χ1v) is 43.9. The lowest BCUT2D eigenvalue weighted by atomic mass is 10.0. The number of carbonyl (C=O) groups is 6. The summed E-state index contributed by atoms with van der Waals surface area (Å²) in [7, 11) is -28.6. The molecule has 45 heteroatoms. The summed E-state index contributed by atoms with van der Waals surface area (Å²) >= 11 is 0. The van der Waals surface area contributed by atoms with Gasteiger partial charge in [0, 0.05) is 77.4 Å². The normalized spacial score (nSPS) is 11.1. The van der Waals surface area contributed by atoms with Crippen LogP contribution in [0, 0.1) is 44.6 Å². The average Bonchev–Trinajstić information content (AvgIpc) is 0.821. The van der Waals surface area contributed by atoms with Crippen molar-refractivity contribution in [2.45, 2.75) is 78.9 Å². The lowest BCUT2D eigenvalue weighted by molar-refractivity contribution is -0.143. The van der Waals surface area contributed by atoms with E-state index in [1.807, 2.05) is 54.6 Å². The molecule has 0 saturated carbocycles. The molecule has 0 bridgehead atoms. The van der Waals surface area contributed by atoms with Gasteiger partial charge >= 0.3 is 38.8 Å². The van der Waals surface area contributed by atoms with Crippen molar-refractivity contribution >= 4 is 144 Å². The number of unbranched alkanes of at least 4 members (excludes halogenated alkanes) is 2. The highest BCUT2D eigenvalue weighted by atomic mass is 32.2. The SMILES string of the molecule is C=Cc1ccc(OCCCCC(=O)C(F)(F)S(=O)(=O)[O-])cc1.C=Cc1ccc(OCCCCNC(=O)C(C)(F)F)cc1.C=Cc1ccc(OCCNC(=O)C(F)(F)S(=O)(=O)[O-])cc1.C=Cc1ccc(OCNC(=O)CS(=O)(=O)[O-])cc1.C=Cc1ccc2cc(CNC(=O)C(F)(F)S(=O)(=O)[O-])ccc2c1.C=Cc1ccc2cc(OCCC(=O)C(F)(F)S(=O)(=O)[O-])ccc2c1.[CH3+].[CH3+].[CH3+].[CH3+].[CH3+].[CH3+].